The van der Waals surface area contributed by atoms with Crippen molar-refractivity contribution in [1.29, 1.82) is 0 Å². The topological polar surface area (TPSA) is 110 Å². The summed E-state index contributed by atoms with van der Waals surface area (Å²) in [6.45, 7) is 16.7. The molecule has 0 spiro atoms. The standard InChI is InChI=1S/C33H48N6O6/c1-24-20-38(21-25(2)39(24)32(41)45-33(3,4)5)29-27-12-14-37(31(40)44-23-26-10-7-6-8-11-26)22-28(27)34-30(35-29)43-17-9-13-36-15-18-42-19-16-36/h6-8,10-11,24-25H,9,12-23H2,1-5H3/t24-,25+. The molecule has 3 aliphatic heterocycles. The maximum Gasteiger partial charge on any atom is 0.410 e. The molecule has 0 aliphatic carbocycles. The number of carbonyl (C=O) groups excluding carboxylic acids is 2. The van der Waals surface area contributed by atoms with Gasteiger partial charge in [0.05, 0.1) is 44.1 Å². The average molecular weight is 625 g/mol. The first-order valence-corrected chi connectivity index (χ1v) is 16.1. The minimum Gasteiger partial charge on any atom is -0.463 e. The zero-order chi connectivity index (χ0) is 32.0. The van der Waals surface area contributed by atoms with Gasteiger partial charge in [-0.15, -0.1) is 0 Å². The second kappa shape index (κ2) is 14.6. The van der Waals surface area contributed by atoms with Crippen LogP contribution in [0.5, 0.6) is 6.01 Å². The van der Waals surface area contributed by atoms with Gasteiger partial charge in [0.2, 0.25) is 0 Å². The van der Waals surface area contributed by atoms with Crippen molar-refractivity contribution in [2.24, 2.45) is 0 Å². The number of benzene rings is 1. The van der Waals surface area contributed by atoms with Gasteiger partial charge in [-0.25, -0.2) is 9.59 Å². The molecule has 1 aromatic heterocycles. The van der Waals surface area contributed by atoms with Crippen molar-refractivity contribution in [3.63, 3.8) is 0 Å². The van der Waals surface area contributed by atoms with Crippen LogP contribution in [-0.4, -0.2) is 114 Å². The van der Waals surface area contributed by atoms with Crippen LogP contribution in [-0.2, 0) is 33.8 Å². The number of aromatic nitrogens is 2. The van der Waals surface area contributed by atoms with E-state index in [0.717, 1.165) is 61.9 Å². The number of rotatable bonds is 8. The summed E-state index contributed by atoms with van der Waals surface area (Å²) in [5, 5.41) is 0. The Morgan fingerprint density at radius 1 is 0.978 bits per heavy atom. The van der Waals surface area contributed by atoms with E-state index in [1.807, 2.05) is 69.9 Å². The molecule has 2 fully saturated rings. The molecule has 2 saturated heterocycles. The minimum atomic E-state index is -0.568. The fourth-order valence-electron chi connectivity index (χ4n) is 6.13. The Morgan fingerprint density at radius 2 is 1.69 bits per heavy atom. The number of fused-ring (bicyclic) bond motifs is 1. The Bertz CT molecular complexity index is 1290. The van der Waals surface area contributed by atoms with Crippen LogP contribution >= 0.6 is 0 Å². The van der Waals surface area contributed by atoms with Crippen LogP contribution in [0.3, 0.4) is 0 Å². The highest BCUT2D eigenvalue weighted by atomic mass is 16.6. The Kier molecular flexibility index (Phi) is 10.7. The quantitative estimate of drug-likeness (QED) is 0.398. The van der Waals surface area contributed by atoms with Gasteiger partial charge in [-0.1, -0.05) is 30.3 Å². The van der Waals surface area contributed by atoms with Gasteiger partial charge in [-0.3, -0.25) is 9.80 Å². The normalized spacial score (nSPS) is 20.9. The second-order valence-electron chi connectivity index (χ2n) is 13.1. The van der Waals surface area contributed by atoms with Crippen LogP contribution < -0.4 is 9.64 Å². The van der Waals surface area contributed by atoms with E-state index in [4.69, 9.17) is 28.9 Å². The van der Waals surface area contributed by atoms with Gasteiger partial charge < -0.3 is 28.7 Å². The number of nitrogens with zero attached hydrogens (tertiary/aromatic N) is 6. The largest absolute Gasteiger partial charge is 0.463 e. The molecule has 2 amide bonds. The molecule has 45 heavy (non-hydrogen) atoms. The lowest BCUT2D eigenvalue weighted by Gasteiger charge is -2.45. The summed E-state index contributed by atoms with van der Waals surface area (Å²) in [6, 6.07) is 9.77. The lowest BCUT2D eigenvalue weighted by molar-refractivity contribution is 0.00556. The van der Waals surface area contributed by atoms with Gasteiger partial charge in [-0.05, 0) is 53.0 Å². The Labute approximate surface area is 266 Å². The summed E-state index contributed by atoms with van der Waals surface area (Å²) in [4.78, 5) is 43.9. The molecule has 0 N–H and O–H groups in total. The van der Waals surface area contributed by atoms with Crippen molar-refractivity contribution < 1.29 is 28.5 Å². The molecule has 12 nitrogen and oxygen atoms in total. The monoisotopic (exact) mass is 624 g/mol. The Hall–Kier alpha value is -3.64. The van der Waals surface area contributed by atoms with Crippen LogP contribution in [0.25, 0.3) is 0 Å². The number of morpholine rings is 1. The third kappa shape index (κ3) is 8.76. The van der Waals surface area contributed by atoms with Gasteiger partial charge in [0.1, 0.15) is 18.0 Å². The van der Waals surface area contributed by atoms with Crippen molar-refractivity contribution >= 4 is 18.0 Å². The highest BCUT2D eigenvalue weighted by Gasteiger charge is 2.38. The summed E-state index contributed by atoms with van der Waals surface area (Å²) < 4.78 is 22.9. The lowest BCUT2D eigenvalue weighted by Crippen LogP contribution is -2.60. The third-order valence-corrected chi connectivity index (χ3v) is 8.26. The minimum absolute atomic E-state index is 0.0971. The fraction of sp³-hybridized carbons (Fsp3) is 0.636. The number of carbonyl (C=O) groups is 2. The molecule has 0 saturated carbocycles. The predicted molar refractivity (Wildman–Crippen MR) is 169 cm³/mol. The lowest BCUT2D eigenvalue weighted by atomic mass is 10.0. The average Bonchev–Trinajstić information content (AvgIpc) is 3.01. The number of hydrogen-bond donors (Lipinski definition) is 0. The summed E-state index contributed by atoms with van der Waals surface area (Å²) in [6.07, 6.45) is 0.764. The molecule has 2 atom stereocenters. The highest BCUT2D eigenvalue weighted by Crippen LogP contribution is 2.32. The van der Waals surface area contributed by atoms with Crippen molar-refractivity contribution in [2.75, 3.05) is 64.0 Å². The molecule has 2 aromatic rings. The van der Waals surface area contributed by atoms with Crippen LogP contribution in [0.2, 0.25) is 0 Å². The van der Waals surface area contributed by atoms with Gasteiger partial charge in [-0.2, -0.15) is 9.97 Å². The molecule has 5 rings (SSSR count). The molecule has 246 valence electrons. The van der Waals surface area contributed by atoms with E-state index in [1.54, 1.807) is 4.90 Å². The summed E-state index contributed by atoms with van der Waals surface area (Å²) in [5.41, 5.74) is 2.14. The number of ether oxygens (including phenoxy) is 4. The molecule has 3 aliphatic rings. The van der Waals surface area contributed by atoms with Crippen molar-refractivity contribution in [3.05, 3.63) is 47.2 Å². The number of amides is 2. The second-order valence-corrected chi connectivity index (χ2v) is 13.1. The van der Waals surface area contributed by atoms with Crippen molar-refractivity contribution in [1.82, 2.24) is 24.7 Å². The smallest absolute Gasteiger partial charge is 0.410 e. The van der Waals surface area contributed by atoms with Crippen LogP contribution in [0.15, 0.2) is 30.3 Å². The van der Waals surface area contributed by atoms with Gasteiger partial charge in [0.15, 0.2) is 0 Å². The van der Waals surface area contributed by atoms with E-state index >= 15 is 0 Å². The van der Waals surface area contributed by atoms with Gasteiger partial charge >= 0.3 is 18.2 Å². The summed E-state index contributed by atoms with van der Waals surface area (Å²) in [5.74, 6) is 0.808. The van der Waals surface area contributed by atoms with E-state index in [2.05, 4.69) is 9.80 Å². The van der Waals surface area contributed by atoms with Gasteiger partial charge in [0, 0.05) is 44.8 Å². The first-order valence-electron chi connectivity index (χ1n) is 16.1. The first kappa shape index (κ1) is 32.7. The van der Waals surface area contributed by atoms with E-state index in [0.29, 0.717) is 45.2 Å². The first-order chi connectivity index (χ1) is 21.6. The number of piperazine rings is 1. The van der Waals surface area contributed by atoms with E-state index in [9.17, 15) is 9.59 Å². The summed E-state index contributed by atoms with van der Waals surface area (Å²) >= 11 is 0. The summed E-state index contributed by atoms with van der Waals surface area (Å²) in [7, 11) is 0. The van der Waals surface area contributed by atoms with Gasteiger partial charge in [0.25, 0.3) is 0 Å². The van der Waals surface area contributed by atoms with Crippen molar-refractivity contribution in [2.45, 2.75) is 78.3 Å². The third-order valence-electron chi connectivity index (χ3n) is 8.26. The number of anilines is 1. The predicted octanol–water partition coefficient (Wildman–Crippen LogP) is 4.11. The molecule has 0 radical (unpaired) electrons. The fourth-order valence-corrected chi connectivity index (χ4v) is 6.13. The zero-order valence-electron chi connectivity index (χ0n) is 27.4. The van der Waals surface area contributed by atoms with Crippen LogP contribution in [0.4, 0.5) is 15.4 Å². The van der Waals surface area contributed by atoms with Crippen LogP contribution in [0, 0.1) is 0 Å². The van der Waals surface area contributed by atoms with Crippen molar-refractivity contribution in [3.8, 4) is 6.01 Å². The maximum atomic E-state index is 13.1. The molecule has 4 heterocycles. The maximum absolute atomic E-state index is 13.1. The highest BCUT2D eigenvalue weighted by molar-refractivity contribution is 5.70. The van der Waals surface area contributed by atoms with E-state index < -0.39 is 5.60 Å². The van der Waals surface area contributed by atoms with E-state index in [-0.39, 0.29) is 30.9 Å². The molecule has 0 bridgehead atoms. The Morgan fingerprint density at radius 3 is 2.38 bits per heavy atom. The number of hydrogen-bond acceptors (Lipinski definition) is 10. The Balaban J connectivity index is 1.31. The molecular weight excluding hydrogens is 576 g/mol. The zero-order valence-corrected chi connectivity index (χ0v) is 27.4. The van der Waals surface area contributed by atoms with Crippen LogP contribution in [0.1, 0.15) is 57.9 Å². The van der Waals surface area contributed by atoms with E-state index in [1.165, 1.54) is 0 Å². The molecule has 0 unspecified atom stereocenters. The molecule has 1 aromatic carbocycles. The molecule has 12 heteroatoms. The SMILES string of the molecule is C[C@@H]1CN(c2nc(OCCCN3CCOCC3)nc3c2CCN(C(=O)OCc2ccccc2)C3)C[C@H](C)N1C(=O)OC(C)(C)C. The molecular formula is C33H48N6O6.